The number of anilines is 1. The van der Waals surface area contributed by atoms with Gasteiger partial charge in [-0.15, -0.1) is 0 Å². The van der Waals surface area contributed by atoms with Gasteiger partial charge in [0.2, 0.25) is 5.91 Å². The highest BCUT2D eigenvalue weighted by molar-refractivity contribution is 7.93. The largest absolute Gasteiger partial charge is 0.495 e. The Labute approximate surface area is 183 Å². The first kappa shape index (κ1) is 22.4. The molecule has 1 heterocycles. The van der Waals surface area contributed by atoms with Crippen LogP contribution in [0, 0.1) is 6.92 Å². The summed E-state index contributed by atoms with van der Waals surface area (Å²) < 4.78 is 33.8. The van der Waals surface area contributed by atoms with Crippen LogP contribution < -0.4 is 9.04 Å². The second kappa shape index (κ2) is 9.71. The third-order valence-corrected chi connectivity index (χ3v) is 7.29. The van der Waals surface area contributed by atoms with Gasteiger partial charge in [-0.05, 0) is 61.7 Å². The lowest BCUT2D eigenvalue weighted by atomic mass is 10.2. The van der Waals surface area contributed by atoms with Crippen molar-refractivity contribution < 1.29 is 17.9 Å². The lowest BCUT2D eigenvalue weighted by Crippen LogP contribution is -2.43. The van der Waals surface area contributed by atoms with E-state index in [1.807, 2.05) is 6.92 Å². The van der Waals surface area contributed by atoms with E-state index in [1.54, 1.807) is 47.4 Å². The molecule has 0 radical (unpaired) electrons. The molecular weight excluding hydrogens is 424 g/mol. The molecule has 6 nitrogen and oxygen atoms in total. The van der Waals surface area contributed by atoms with Gasteiger partial charge in [-0.25, -0.2) is 8.42 Å². The molecule has 2 aromatic rings. The second-order valence-electron chi connectivity index (χ2n) is 7.44. The quantitative estimate of drug-likeness (QED) is 0.659. The number of benzene rings is 2. The first-order valence-corrected chi connectivity index (χ1v) is 11.9. The molecule has 3 rings (SSSR count). The number of hydrogen-bond acceptors (Lipinski definition) is 4. The summed E-state index contributed by atoms with van der Waals surface area (Å²) in [6.45, 7) is 2.84. The number of amides is 1. The van der Waals surface area contributed by atoms with E-state index in [0.717, 1.165) is 35.6 Å². The van der Waals surface area contributed by atoms with Crippen molar-refractivity contribution in [2.45, 2.75) is 37.5 Å². The molecule has 1 saturated heterocycles. The number of rotatable bonds is 6. The molecule has 0 atom stereocenters. The maximum Gasteiger partial charge on any atom is 0.268 e. The summed E-state index contributed by atoms with van der Waals surface area (Å²) >= 11 is 6.00. The van der Waals surface area contributed by atoms with Gasteiger partial charge in [0.15, 0.2) is 0 Å². The number of methoxy groups -OCH3 is 1. The number of hydrogen-bond donors (Lipinski definition) is 0. The molecule has 0 aromatic heterocycles. The van der Waals surface area contributed by atoms with E-state index in [0.29, 0.717) is 23.8 Å². The summed E-state index contributed by atoms with van der Waals surface area (Å²) in [5.41, 5.74) is 1.16. The molecule has 0 spiro atoms. The average Bonchev–Trinajstić information content (AvgIpc) is 3.02. The van der Waals surface area contributed by atoms with Crippen LogP contribution in [-0.2, 0) is 14.8 Å². The van der Waals surface area contributed by atoms with E-state index in [2.05, 4.69) is 0 Å². The summed E-state index contributed by atoms with van der Waals surface area (Å²) in [5, 5.41) is 0.489. The average molecular weight is 451 g/mol. The Morgan fingerprint density at radius 1 is 1.07 bits per heavy atom. The molecule has 0 saturated carbocycles. The monoisotopic (exact) mass is 450 g/mol. The number of carbonyl (C=O) groups excluding carboxylic acids is 1. The van der Waals surface area contributed by atoms with Crippen LogP contribution in [0.25, 0.3) is 0 Å². The molecule has 30 heavy (non-hydrogen) atoms. The van der Waals surface area contributed by atoms with Gasteiger partial charge in [0.25, 0.3) is 10.0 Å². The SMILES string of the molecule is COc1ccc(C)cc1S(=O)(=O)N(CC(=O)N1CCCCCC1)c1ccc(Cl)cc1. The van der Waals surface area contributed by atoms with E-state index < -0.39 is 10.0 Å². The summed E-state index contributed by atoms with van der Waals surface area (Å²) in [6.07, 6.45) is 4.04. The zero-order valence-corrected chi connectivity index (χ0v) is 18.9. The number of likely N-dealkylation sites (tertiary alicyclic amines) is 1. The number of aryl methyl sites for hydroxylation is 1. The number of carbonyl (C=O) groups is 1. The molecule has 1 aliphatic rings. The normalized spacial score (nSPS) is 14.8. The van der Waals surface area contributed by atoms with Crippen molar-refractivity contribution in [3.63, 3.8) is 0 Å². The molecule has 1 aliphatic heterocycles. The highest BCUT2D eigenvalue weighted by Crippen LogP contribution is 2.31. The molecule has 162 valence electrons. The van der Waals surface area contributed by atoms with Gasteiger partial charge in [0.1, 0.15) is 17.2 Å². The lowest BCUT2D eigenvalue weighted by Gasteiger charge is -2.28. The van der Waals surface area contributed by atoms with Crippen LogP contribution in [0.1, 0.15) is 31.2 Å². The van der Waals surface area contributed by atoms with Crippen molar-refractivity contribution in [1.82, 2.24) is 4.90 Å². The van der Waals surface area contributed by atoms with Crippen molar-refractivity contribution in [1.29, 1.82) is 0 Å². The summed E-state index contributed by atoms with van der Waals surface area (Å²) in [4.78, 5) is 14.9. The van der Waals surface area contributed by atoms with Crippen molar-refractivity contribution >= 4 is 33.2 Å². The van der Waals surface area contributed by atoms with E-state index in [-0.39, 0.29) is 23.1 Å². The van der Waals surface area contributed by atoms with Crippen LogP contribution in [0.4, 0.5) is 5.69 Å². The maximum absolute atomic E-state index is 13.7. The number of sulfonamides is 1. The predicted molar refractivity (Wildman–Crippen MR) is 119 cm³/mol. The third-order valence-electron chi connectivity index (χ3n) is 5.24. The van der Waals surface area contributed by atoms with E-state index in [1.165, 1.54) is 7.11 Å². The maximum atomic E-state index is 13.7. The Morgan fingerprint density at radius 3 is 2.30 bits per heavy atom. The Kier molecular flexibility index (Phi) is 7.26. The fraction of sp³-hybridized carbons (Fsp3) is 0.409. The number of halogens is 1. The van der Waals surface area contributed by atoms with Crippen LogP contribution >= 0.6 is 11.6 Å². The fourth-order valence-electron chi connectivity index (χ4n) is 3.57. The minimum atomic E-state index is -4.06. The Morgan fingerprint density at radius 2 is 1.70 bits per heavy atom. The zero-order valence-electron chi connectivity index (χ0n) is 17.3. The summed E-state index contributed by atoms with van der Waals surface area (Å²) in [6, 6.07) is 11.4. The minimum Gasteiger partial charge on any atom is -0.495 e. The van der Waals surface area contributed by atoms with Crippen LogP contribution in [0.2, 0.25) is 5.02 Å². The smallest absolute Gasteiger partial charge is 0.268 e. The molecule has 2 aromatic carbocycles. The molecule has 0 unspecified atom stereocenters. The van der Waals surface area contributed by atoms with Crippen LogP contribution in [0.5, 0.6) is 5.75 Å². The predicted octanol–water partition coefficient (Wildman–Crippen LogP) is 4.25. The van der Waals surface area contributed by atoms with Crippen molar-refractivity contribution in [2.24, 2.45) is 0 Å². The minimum absolute atomic E-state index is 0.0311. The van der Waals surface area contributed by atoms with Gasteiger partial charge in [-0.2, -0.15) is 0 Å². The van der Waals surface area contributed by atoms with Crippen molar-refractivity contribution in [3.05, 3.63) is 53.1 Å². The Hall–Kier alpha value is -2.25. The van der Waals surface area contributed by atoms with E-state index in [4.69, 9.17) is 16.3 Å². The lowest BCUT2D eigenvalue weighted by molar-refractivity contribution is -0.129. The van der Waals surface area contributed by atoms with Crippen LogP contribution in [-0.4, -0.2) is 46.0 Å². The summed E-state index contributed by atoms with van der Waals surface area (Å²) in [7, 11) is -2.63. The number of ether oxygens (including phenoxy) is 1. The van der Waals surface area contributed by atoms with Gasteiger partial charge in [0.05, 0.1) is 12.8 Å². The first-order chi connectivity index (χ1) is 14.3. The second-order valence-corrected chi connectivity index (χ2v) is 9.70. The highest BCUT2D eigenvalue weighted by atomic mass is 35.5. The molecule has 0 aliphatic carbocycles. The topological polar surface area (TPSA) is 66.9 Å². The summed E-state index contributed by atoms with van der Waals surface area (Å²) in [5.74, 6) is 0.0313. The Balaban J connectivity index is 2.02. The van der Waals surface area contributed by atoms with Crippen molar-refractivity contribution in [2.75, 3.05) is 31.0 Å². The molecule has 1 fully saturated rings. The fourth-order valence-corrected chi connectivity index (χ4v) is 5.35. The molecule has 1 amide bonds. The van der Waals surface area contributed by atoms with E-state index in [9.17, 15) is 13.2 Å². The van der Waals surface area contributed by atoms with Gasteiger partial charge in [-0.1, -0.05) is 30.5 Å². The molecule has 0 N–H and O–H groups in total. The highest BCUT2D eigenvalue weighted by Gasteiger charge is 2.31. The Bertz CT molecular complexity index is 985. The first-order valence-electron chi connectivity index (χ1n) is 10.0. The van der Waals surface area contributed by atoms with E-state index >= 15 is 0 Å². The van der Waals surface area contributed by atoms with Gasteiger partial charge in [0, 0.05) is 18.1 Å². The molecule has 0 bridgehead atoms. The number of nitrogens with zero attached hydrogens (tertiary/aromatic N) is 2. The third kappa shape index (κ3) is 5.08. The van der Waals surface area contributed by atoms with Crippen LogP contribution in [0.15, 0.2) is 47.4 Å². The van der Waals surface area contributed by atoms with Crippen LogP contribution in [0.3, 0.4) is 0 Å². The van der Waals surface area contributed by atoms with Gasteiger partial charge in [-0.3, -0.25) is 9.10 Å². The van der Waals surface area contributed by atoms with Crippen molar-refractivity contribution in [3.8, 4) is 5.75 Å². The zero-order chi connectivity index (χ0) is 21.7. The standard InChI is InChI=1S/C22H27ClN2O4S/c1-17-7-12-20(29-2)21(15-17)30(27,28)25(19-10-8-18(23)9-11-19)16-22(26)24-13-5-3-4-6-14-24/h7-12,15H,3-6,13-14,16H2,1-2H3. The molecular formula is C22H27ClN2O4S. The van der Waals surface area contributed by atoms with Gasteiger partial charge >= 0.3 is 0 Å². The van der Waals surface area contributed by atoms with Gasteiger partial charge < -0.3 is 9.64 Å². The molecule has 8 heteroatoms.